The smallest absolute Gasteiger partial charge is 0.338 e. The van der Waals surface area contributed by atoms with E-state index in [1.807, 2.05) is 61.5 Å². The lowest BCUT2D eigenvalue weighted by Crippen LogP contribution is -2.40. The highest BCUT2D eigenvalue weighted by Gasteiger charge is 2.35. The molecule has 1 aliphatic rings. The first-order valence-corrected chi connectivity index (χ1v) is 17.6. The molecule has 0 fully saturated rings. The Morgan fingerprint density at radius 2 is 1.68 bits per heavy atom. The third-order valence-electron chi connectivity index (χ3n) is 7.82. The molecule has 256 valence electrons. The normalized spacial score (nSPS) is 14.2. The Kier molecular flexibility index (Phi) is 11.0. The van der Waals surface area contributed by atoms with Gasteiger partial charge >= 0.3 is 5.97 Å². The zero-order valence-electron chi connectivity index (χ0n) is 27.2. The SMILES string of the molecule is CCOC(=O)C1=C(c2ccccc2)N=c2s/c(=C\c3cc(Cl)c(OCc4ccc(Cl)cc4Cl)c(OC)c3)c(=O)n2[C@@H]1c1ccc(OCC)cc1. The van der Waals surface area contributed by atoms with Crippen LogP contribution in [0, 0.1) is 0 Å². The Morgan fingerprint density at radius 3 is 2.36 bits per heavy atom. The van der Waals surface area contributed by atoms with Gasteiger partial charge < -0.3 is 18.9 Å². The van der Waals surface area contributed by atoms with E-state index in [1.54, 1.807) is 43.3 Å². The van der Waals surface area contributed by atoms with Crippen LogP contribution < -0.4 is 29.1 Å². The van der Waals surface area contributed by atoms with Crippen LogP contribution in [-0.4, -0.2) is 30.9 Å². The van der Waals surface area contributed by atoms with Gasteiger partial charge in [0.05, 0.1) is 47.2 Å². The van der Waals surface area contributed by atoms with Crippen LogP contribution in [0.1, 0.15) is 42.1 Å². The summed E-state index contributed by atoms with van der Waals surface area (Å²) in [4.78, 5) is 33.4. The molecule has 0 N–H and O–H groups in total. The zero-order chi connectivity index (χ0) is 35.4. The summed E-state index contributed by atoms with van der Waals surface area (Å²) in [6, 6.07) is 24.4. The number of carbonyl (C=O) groups is 1. The third kappa shape index (κ3) is 7.32. The Balaban J connectivity index is 1.48. The molecular formula is C38H31Cl3N2O6S. The number of methoxy groups -OCH3 is 1. The molecule has 6 rings (SSSR count). The fourth-order valence-electron chi connectivity index (χ4n) is 5.57. The fraction of sp³-hybridized carbons (Fsp3) is 0.184. The summed E-state index contributed by atoms with van der Waals surface area (Å²) in [5.41, 5.74) is 3.08. The summed E-state index contributed by atoms with van der Waals surface area (Å²) in [5.74, 6) is 0.795. The average molecular weight is 750 g/mol. The van der Waals surface area contributed by atoms with Crippen molar-refractivity contribution in [2.45, 2.75) is 26.5 Å². The fourth-order valence-corrected chi connectivity index (χ4v) is 7.31. The van der Waals surface area contributed by atoms with E-state index < -0.39 is 12.0 Å². The minimum absolute atomic E-state index is 0.127. The summed E-state index contributed by atoms with van der Waals surface area (Å²) in [6.07, 6.45) is 1.71. The Morgan fingerprint density at radius 1 is 0.920 bits per heavy atom. The monoisotopic (exact) mass is 748 g/mol. The van der Waals surface area contributed by atoms with Crippen LogP contribution in [0.25, 0.3) is 11.8 Å². The van der Waals surface area contributed by atoms with E-state index in [0.717, 1.165) is 11.1 Å². The predicted octanol–water partition coefficient (Wildman–Crippen LogP) is 7.88. The maximum atomic E-state index is 14.3. The van der Waals surface area contributed by atoms with Crippen molar-refractivity contribution in [3.8, 4) is 17.2 Å². The number of esters is 1. The zero-order valence-corrected chi connectivity index (χ0v) is 30.3. The third-order valence-corrected chi connectivity index (χ3v) is 9.67. The largest absolute Gasteiger partial charge is 0.494 e. The molecule has 0 radical (unpaired) electrons. The summed E-state index contributed by atoms with van der Waals surface area (Å²) in [5, 5.41) is 1.25. The molecular weight excluding hydrogens is 719 g/mol. The molecule has 0 spiro atoms. The van der Waals surface area contributed by atoms with E-state index in [-0.39, 0.29) is 29.4 Å². The first-order valence-electron chi connectivity index (χ1n) is 15.7. The summed E-state index contributed by atoms with van der Waals surface area (Å²) in [7, 11) is 1.50. The van der Waals surface area contributed by atoms with E-state index in [2.05, 4.69) is 0 Å². The number of hydrogen-bond donors (Lipinski definition) is 0. The van der Waals surface area contributed by atoms with Crippen LogP contribution >= 0.6 is 46.1 Å². The summed E-state index contributed by atoms with van der Waals surface area (Å²) >= 11 is 20.3. The molecule has 50 heavy (non-hydrogen) atoms. The molecule has 0 saturated heterocycles. The lowest BCUT2D eigenvalue weighted by molar-refractivity contribution is -0.138. The van der Waals surface area contributed by atoms with Gasteiger partial charge in [0.2, 0.25) is 0 Å². The molecule has 4 aromatic carbocycles. The van der Waals surface area contributed by atoms with Crippen molar-refractivity contribution in [2.75, 3.05) is 20.3 Å². The molecule has 1 aliphatic heterocycles. The van der Waals surface area contributed by atoms with Crippen LogP contribution in [0.15, 0.2) is 100 Å². The highest BCUT2D eigenvalue weighted by Crippen LogP contribution is 2.38. The Bertz CT molecular complexity index is 2270. The van der Waals surface area contributed by atoms with Gasteiger partial charge in [-0.3, -0.25) is 9.36 Å². The standard InChI is InChI=1S/C38H31Cl3N2O6S/c1-4-47-27-15-12-24(13-16-27)34-32(37(45)48-5-2)33(23-9-7-6-8-10-23)42-38-43(34)36(44)31(50-38)19-22-17-29(41)35(30(18-22)46-3)49-21-25-11-14-26(39)20-28(25)40/h6-20,34H,4-5,21H2,1-3H3/b31-19-/t34-/m1/s1. The number of ether oxygens (including phenoxy) is 4. The molecule has 0 amide bonds. The maximum Gasteiger partial charge on any atom is 0.338 e. The van der Waals surface area contributed by atoms with E-state index in [0.29, 0.717) is 60.1 Å². The van der Waals surface area contributed by atoms with Crippen molar-refractivity contribution < 1.29 is 23.7 Å². The molecule has 1 atom stereocenters. The van der Waals surface area contributed by atoms with Crippen LogP contribution in [0.3, 0.4) is 0 Å². The number of nitrogens with zero attached hydrogens (tertiary/aromatic N) is 2. The van der Waals surface area contributed by atoms with Gasteiger partial charge in [0, 0.05) is 21.2 Å². The minimum atomic E-state index is -0.827. The number of halogens is 3. The Labute approximate surface area is 307 Å². The van der Waals surface area contributed by atoms with Crippen LogP contribution in [0.5, 0.6) is 17.2 Å². The first kappa shape index (κ1) is 35.3. The van der Waals surface area contributed by atoms with Crippen molar-refractivity contribution in [3.05, 3.63) is 148 Å². The second kappa shape index (κ2) is 15.6. The lowest BCUT2D eigenvalue weighted by atomic mass is 9.93. The topological polar surface area (TPSA) is 88.4 Å². The highest BCUT2D eigenvalue weighted by molar-refractivity contribution is 7.07. The van der Waals surface area contributed by atoms with Crippen molar-refractivity contribution >= 4 is 63.9 Å². The van der Waals surface area contributed by atoms with Gasteiger partial charge in [-0.25, -0.2) is 9.79 Å². The number of thiazole rings is 1. The Hall–Kier alpha value is -4.54. The number of hydrogen-bond acceptors (Lipinski definition) is 8. The van der Waals surface area contributed by atoms with Crippen LogP contribution in [-0.2, 0) is 16.1 Å². The summed E-state index contributed by atoms with van der Waals surface area (Å²) in [6.45, 7) is 4.42. The molecule has 2 heterocycles. The molecule has 8 nitrogen and oxygen atoms in total. The molecule has 0 saturated carbocycles. The van der Waals surface area contributed by atoms with Gasteiger partial charge in [0.1, 0.15) is 12.4 Å². The summed E-state index contributed by atoms with van der Waals surface area (Å²) < 4.78 is 24.8. The predicted molar refractivity (Wildman–Crippen MR) is 197 cm³/mol. The second-order valence-electron chi connectivity index (χ2n) is 11.0. The van der Waals surface area contributed by atoms with Crippen molar-refractivity contribution in [3.63, 3.8) is 0 Å². The van der Waals surface area contributed by atoms with Gasteiger partial charge in [-0.15, -0.1) is 0 Å². The van der Waals surface area contributed by atoms with Crippen molar-refractivity contribution in [2.24, 2.45) is 4.99 Å². The van der Waals surface area contributed by atoms with Crippen molar-refractivity contribution in [1.82, 2.24) is 4.57 Å². The maximum absolute atomic E-state index is 14.3. The molecule has 0 unspecified atom stereocenters. The molecule has 1 aromatic heterocycles. The number of rotatable bonds is 11. The minimum Gasteiger partial charge on any atom is -0.494 e. The lowest BCUT2D eigenvalue weighted by Gasteiger charge is -2.26. The van der Waals surface area contributed by atoms with Gasteiger partial charge in [-0.05, 0) is 67.4 Å². The van der Waals surface area contributed by atoms with Crippen LogP contribution in [0.4, 0.5) is 0 Å². The van der Waals surface area contributed by atoms with E-state index in [4.69, 9.17) is 58.7 Å². The van der Waals surface area contributed by atoms with E-state index >= 15 is 0 Å². The number of aromatic nitrogens is 1. The first-order chi connectivity index (χ1) is 24.2. The molecule has 12 heteroatoms. The van der Waals surface area contributed by atoms with Gasteiger partial charge in [0.15, 0.2) is 16.3 Å². The molecule has 5 aromatic rings. The van der Waals surface area contributed by atoms with E-state index in [9.17, 15) is 9.59 Å². The quantitative estimate of drug-likeness (QED) is 0.128. The second-order valence-corrected chi connectivity index (χ2v) is 13.3. The van der Waals surface area contributed by atoms with Crippen molar-refractivity contribution in [1.29, 1.82) is 0 Å². The van der Waals surface area contributed by atoms with Crippen LogP contribution in [0.2, 0.25) is 15.1 Å². The average Bonchev–Trinajstić information content (AvgIpc) is 3.42. The number of carbonyl (C=O) groups excluding carboxylic acids is 1. The van der Waals surface area contributed by atoms with Gasteiger partial charge in [0.25, 0.3) is 5.56 Å². The van der Waals surface area contributed by atoms with Gasteiger partial charge in [-0.1, -0.05) is 94.7 Å². The highest BCUT2D eigenvalue weighted by atomic mass is 35.5. The van der Waals surface area contributed by atoms with Gasteiger partial charge in [-0.2, -0.15) is 0 Å². The molecule has 0 aliphatic carbocycles. The van der Waals surface area contributed by atoms with E-state index in [1.165, 1.54) is 23.0 Å². The number of fused-ring (bicyclic) bond motifs is 1. The molecule has 0 bridgehead atoms. The number of benzene rings is 4.